The van der Waals surface area contributed by atoms with Crippen molar-refractivity contribution in [1.82, 2.24) is 29.1 Å². The summed E-state index contributed by atoms with van der Waals surface area (Å²) in [6, 6.07) is 91.0. The van der Waals surface area contributed by atoms with Crippen LogP contribution in [-0.2, 0) is 0 Å². The van der Waals surface area contributed by atoms with Crippen molar-refractivity contribution < 1.29 is 0 Å². The lowest BCUT2D eigenvalue weighted by Gasteiger charge is -2.13. The van der Waals surface area contributed by atoms with Crippen LogP contribution < -0.4 is 0 Å². The van der Waals surface area contributed by atoms with Crippen molar-refractivity contribution >= 4 is 97.6 Å². The van der Waals surface area contributed by atoms with Crippen LogP contribution in [0.5, 0.6) is 0 Å². The zero-order valence-electron chi connectivity index (χ0n) is 41.3. The van der Waals surface area contributed by atoms with Crippen LogP contribution in [0.25, 0.3) is 153 Å². The van der Waals surface area contributed by atoms with Crippen molar-refractivity contribution in [3.05, 3.63) is 255 Å². The number of rotatable bonds is 7. The average molecular weight is 999 g/mol. The first kappa shape index (κ1) is 43.3. The van der Waals surface area contributed by atoms with Crippen LogP contribution >= 0.6 is 11.3 Å². The smallest absolute Gasteiger partial charge is 0.235 e. The van der Waals surface area contributed by atoms with Crippen molar-refractivity contribution in [2.75, 3.05) is 0 Å². The van der Waals surface area contributed by atoms with Gasteiger partial charge in [-0.1, -0.05) is 188 Å². The minimum absolute atomic E-state index is 0.639. The molecule has 0 spiro atoms. The Morgan fingerprint density at radius 2 is 0.805 bits per heavy atom. The monoisotopic (exact) mass is 998 g/mol. The quantitative estimate of drug-likeness (QED) is 0.160. The number of hydrogen-bond donors (Lipinski definition) is 0. The lowest BCUT2D eigenvalue weighted by Crippen LogP contribution is -2.03. The molecule has 0 amide bonds. The topological polar surface area (TPSA) is 61.4 Å². The van der Waals surface area contributed by atoms with Crippen LogP contribution in [-0.4, -0.2) is 29.1 Å². The van der Waals surface area contributed by atoms with Crippen LogP contribution in [0, 0.1) is 0 Å². The molecule has 0 bridgehead atoms. The Bertz CT molecular complexity index is 5040. The van der Waals surface area contributed by atoms with Crippen LogP contribution in [0.2, 0.25) is 0 Å². The molecule has 7 heteroatoms. The third-order valence-corrected chi connectivity index (χ3v) is 16.5. The maximum atomic E-state index is 5.59. The molecule has 0 aliphatic heterocycles. The summed E-state index contributed by atoms with van der Waals surface area (Å²) in [6.07, 6.45) is 0. The van der Waals surface area contributed by atoms with E-state index in [1.807, 2.05) is 23.5 Å². The van der Waals surface area contributed by atoms with Gasteiger partial charge >= 0.3 is 0 Å². The van der Waals surface area contributed by atoms with Crippen LogP contribution in [0.3, 0.4) is 0 Å². The summed E-state index contributed by atoms with van der Waals surface area (Å²) < 4.78 is 5.70. The van der Waals surface area contributed by atoms with Crippen molar-refractivity contribution in [3.8, 4) is 67.1 Å². The Balaban J connectivity index is 0.845. The van der Waals surface area contributed by atoms with Crippen molar-refractivity contribution in [3.63, 3.8) is 0 Å². The zero-order valence-corrected chi connectivity index (χ0v) is 42.2. The lowest BCUT2D eigenvalue weighted by atomic mass is 9.96. The van der Waals surface area contributed by atoms with Gasteiger partial charge in [0.05, 0.1) is 44.5 Å². The highest BCUT2D eigenvalue weighted by Gasteiger charge is 2.23. The van der Waals surface area contributed by atoms with E-state index in [-0.39, 0.29) is 0 Å². The summed E-state index contributed by atoms with van der Waals surface area (Å²) in [5.74, 6) is 1.29. The highest BCUT2D eigenvalue weighted by atomic mass is 32.1. The Morgan fingerprint density at radius 1 is 0.273 bits per heavy atom. The van der Waals surface area contributed by atoms with E-state index in [1.165, 1.54) is 31.3 Å². The molecule has 16 rings (SSSR count). The molecule has 16 aromatic rings. The molecule has 0 aliphatic carbocycles. The molecule has 0 unspecified atom stereocenters. The molecule has 6 nitrogen and oxygen atoms in total. The maximum Gasteiger partial charge on any atom is 0.235 e. The second-order valence-corrected chi connectivity index (χ2v) is 20.8. The normalized spacial score (nSPS) is 11.9. The second kappa shape index (κ2) is 17.2. The standard InChI is InChI=1S/C70H42N6S/c1-4-18-44(19-5-1)64-42-56-63(77-64)38-34-58-66(56)68(46-22-8-3-9-23-46)74-70(72-58)76-61-36-33-50(41-55(61)65-51-26-11-10-17-43(51)31-37-62(65)76)48-25-16-24-47(39-48)49-32-35-60-54(40-49)52-27-13-15-30-59(52)75(60)69-71-57-29-14-12-28-53(57)67(73-69)45-20-6-2-7-21-45/h1-42H. The molecular weight excluding hydrogens is 957 g/mol. The fraction of sp³-hybridized carbons (Fsp3) is 0. The Hall–Kier alpha value is -10.1. The first-order valence-corrected chi connectivity index (χ1v) is 26.8. The van der Waals surface area contributed by atoms with Gasteiger partial charge in [0.1, 0.15) is 0 Å². The number of fused-ring (bicyclic) bond motifs is 12. The minimum atomic E-state index is 0.639. The van der Waals surface area contributed by atoms with Gasteiger partial charge in [-0.2, -0.15) is 0 Å². The summed E-state index contributed by atoms with van der Waals surface area (Å²) in [4.78, 5) is 22.8. The molecule has 0 fully saturated rings. The number of para-hydroxylation sites is 2. The first-order valence-electron chi connectivity index (χ1n) is 25.9. The van der Waals surface area contributed by atoms with E-state index in [0.29, 0.717) is 11.9 Å². The maximum absolute atomic E-state index is 5.59. The summed E-state index contributed by atoms with van der Waals surface area (Å²) in [5.41, 5.74) is 15.7. The van der Waals surface area contributed by atoms with E-state index in [4.69, 9.17) is 19.9 Å². The van der Waals surface area contributed by atoms with Gasteiger partial charge in [0.15, 0.2) is 0 Å². The van der Waals surface area contributed by atoms with E-state index in [9.17, 15) is 0 Å². The predicted molar refractivity (Wildman–Crippen MR) is 321 cm³/mol. The van der Waals surface area contributed by atoms with Gasteiger partial charge < -0.3 is 0 Å². The number of nitrogens with zero attached hydrogens (tertiary/aromatic N) is 6. The number of aromatic nitrogens is 6. The summed E-state index contributed by atoms with van der Waals surface area (Å²) in [5, 5.41) is 10.2. The SMILES string of the molecule is c1ccc(-c2cc3c(ccc4nc(-n5c6ccc(-c7cccc(-c8ccc9c(c8)c8ccccc8n9-c8nc(-c9ccccc9)c9ccccc9n8)c7)cc6c6c7ccccc7ccc65)nc(-c5ccccc5)c43)s2)cc1. The van der Waals surface area contributed by atoms with Gasteiger partial charge in [-0.15, -0.1) is 11.3 Å². The summed E-state index contributed by atoms with van der Waals surface area (Å²) >= 11 is 1.81. The molecule has 0 atom stereocenters. The first-order chi connectivity index (χ1) is 38.2. The molecule has 77 heavy (non-hydrogen) atoms. The number of benzene rings is 11. The van der Waals surface area contributed by atoms with Crippen LogP contribution in [0.1, 0.15) is 0 Å². The Labute approximate surface area is 446 Å². The van der Waals surface area contributed by atoms with Gasteiger partial charge in [-0.05, 0) is 105 Å². The van der Waals surface area contributed by atoms with Gasteiger partial charge in [0.25, 0.3) is 0 Å². The van der Waals surface area contributed by atoms with Gasteiger partial charge in [0, 0.05) is 58.4 Å². The predicted octanol–water partition coefficient (Wildman–Crippen LogP) is 18.5. The molecule has 358 valence electrons. The van der Waals surface area contributed by atoms with Crippen molar-refractivity contribution in [2.24, 2.45) is 0 Å². The molecule has 5 aromatic heterocycles. The third kappa shape index (κ3) is 6.95. The summed E-state index contributed by atoms with van der Waals surface area (Å²) in [6.45, 7) is 0. The fourth-order valence-electron chi connectivity index (χ4n) is 11.8. The molecule has 0 aliphatic rings. The van der Waals surface area contributed by atoms with Crippen molar-refractivity contribution in [1.29, 1.82) is 0 Å². The van der Waals surface area contributed by atoms with E-state index in [2.05, 4.69) is 252 Å². The van der Waals surface area contributed by atoms with Gasteiger partial charge in [-0.25, -0.2) is 19.9 Å². The van der Waals surface area contributed by atoms with E-state index >= 15 is 0 Å². The third-order valence-electron chi connectivity index (χ3n) is 15.3. The molecule has 0 N–H and O–H groups in total. The van der Waals surface area contributed by atoms with E-state index < -0.39 is 0 Å². The second-order valence-electron chi connectivity index (χ2n) is 19.8. The highest BCUT2D eigenvalue weighted by molar-refractivity contribution is 7.22. The van der Waals surface area contributed by atoms with Gasteiger partial charge in [0.2, 0.25) is 11.9 Å². The average Bonchev–Trinajstić information content (AvgIpc) is 4.35. The van der Waals surface area contributed by atoms with Crippen LogP contribution in [0.15, 0.2) is 255 Å². The van der Waals surface area contributed by atoms with Crippen molar-refractivity contribution in [2.45, 2.75) is 0 Å². The minimum Gasteiger partial charge on any atom is -0.278 e. The largest absolute Gasteiger partial charge is 0.278 e. The molecule has 11 aromatic carbocycles. The molecule has 0 saturated carbocycles. The molecular formula is C70H42N6S. The Kier molecular flexibility index (Phi) is 9.71. The van der Waals surface area contributed by atoms with Crippen LogP contribution in [0.4, 0.5) is 0 Å². The number of hydrogen-bond acceptors (Lipinski definition) is 5. The molecule has 0 radical (unpaired) electrons. The van der Waals surface area contributed by atoms with Gasteiger partial charge in [-0.3, -0.25) is 9.13 Å². The Morgan fingerprint density at radius 3 is 1.56 bits per heavy atom. The number of thiophene rings is 1. The fourth-order valence-corrected chi connectivity index (χ4v) is 12.9. The molecule has 0 saturated heterocycles. The molecule has 5 heterocycles. The van der Waals surface area contributed by atoms with E-state index in [0.717, 1.165) is 110 Å². The zero-order chi connectivity index (χ0) is 50.6. The highest BCUT2D eigenvalue weighted by Crippen LogP contribution is 2.44. The summed E-state index contributed by atoms with van der Waals surface area (Å²) in [7, 11) is 0. The lowest BCUT2D eigenvalue weighted by molar-refractivity contribution is 1.01. The van der Waals surface area contributed by atoms with E-state index in [1.54, 1.807) is 0 Å².